The van der Waals surface area contributed by atoms with Gasteiger partial charge in [0.1, 0.15) is 11.5 Å². The fourth-order valence-corrected chi connectivity index (χ4v) is 4.44. The number of piperidine rings is 1. The molecule has 1 aliphatic heterocycles. The summed E-state index contributed by atoms with van der Waals surface area (Å²) in [6.45, 7) is 2.09. The molecule has 0 radical (unpaired) electrons. The first-order chi connectivity index (χ1) is 18.0. The van der Waals surface area contributed by atoms with Crippen molar-refractivity contribution >= 4 is 6.09 Å². The third-order valence-electron chi connectivity index (χ3n) is 6.37. The van der Waals surface area contributed by atoms with Crippen molar-refractivity contribution in [1.82, 2.24) is 4.90 Å². The summed E-state index contributed by atoms with van der Waals surface area (Å²) >= 11 is 0. The molecule has 196 valence electrons. The molecule has 0 bridgehead atoms. The normalized spacial score (nSPS) is 19.5. The zero-order valence-corrected chi connectivity index (χ0v) is 20.6. The van der Waals surface area contributed by atoms with E-state index in [9.17, 15) is 20.1 Å². The van der Waals surface area contributed by atoms with Gasteiger partial charge in [0.25, 0.3) is 0 Å². The number of hydrogen-bond acceptors (Lipinski definition) is 6. The molecular weight excluding hydrogens is 474 g/mol. The lowest BCUT2D eigenvalue weighted by molar-refractivity contribution is -0.0660. The van der Waals surface area contributed by atoms with Crippen LogP contribution in [0.5, 0.6) is 11.5 Å². The summed E-state index contributed by atoms with van der Waals surface area (Å²) in [5, 5.41) is 29.8. The summed E-state index contributed by atoms with van der Waals surface area (Å²) < 4.78 is 17.6. The number of aliphatic hydroxyl groups is 1. The summed E-state index contributed by atoms with van der Waals surface area (Å²) in [6.07, 6.45) is -1.79. The van der Waals surface area contributed by atoms with Gasteiger partial charge in [-0.2, -0.15) is 0 Å². The van der Waals surface area contributed by atoms with Crippen LogP contribution < -0.4 is 4.74 Å². The molecule has 1 fully saturated rings. The molecule has 3 atom stereocenters. The van der Waals surface area contributed by atoms with E-state index in [-0.39, 0.29) is 25.4 Å². The highest BCUT2D eigenvalue weighted by molar-refractivity contribution is 5.65. The SMILES string of the molecule is O=C(O)N1CC(O)C(c2ccc(OCCCOCc3ccccc3)cc2)C(OCc2ccc(O)cc2)C1. The zero-order valence-electron chi connectivity index (χ0n) is 20.6. The smallest absolute Gasteiger partial charge is 0.407 e. The van der Waals surface area contributed by atoms with Crippen molar-refractivity contribution in [3.63, 3.8) is 0 Å². The maximum atomic E-state index is 11.6. The van der Waals surface area contributed by atoms with Crippen LogP contribution in [-0.4, -0.2) is 64.8 Å². The van der Waals surface area contributed by atoms with Gasteiger partial charge >= 0.3 is 6.09 Å². The van der Waals surface area contributed by atoms with E-state index in [4.69, 9.17) is 14.2 Å². The number of phenolic OH excluding ortho intramolecular Hbond substituents is 1. The van der Waals surface area contributed by atoms with Crippen molar-refractivity contribution in [2.24, 2.45) is 0 Å². The molecule has 3 N–H and O–H groups in total. The Labute approximate surface area is 216 Å². The molecule has 1 saturated heterocycles. The van der Waals surface area contributed by atoms with Gasteiger partial charge in [-0.05, 0) is 41.0 Å². The topological polar surface area (TPSA) is 109 Å². The molecule has 8 nitrogen and oxygen atoms in total. The maximum absolute atomic E-state index is 11.6. The average Bonchev–Trinajstić information content (AvgIpc) is 2.91. The summed E-state index contributed by atoms with van der Waals surface area (Å²) in [5.74, 6) is 0.479. The Balaban J connectivity index is 1.31. The average molecular weight is 508 g/mol. The minimum Gasteiger partial charge on any atom is -0.508 e. The van der Waals surface area contributed by atoms with Crippen molar-refractivity contribution < 1.29 is 34.3 Å². The number of rotatable bonds is 11. The van der Waals surface area contributed by atoms with Gasteiger partial charge in [-0.25, -0.2) is 4.79 Å². The third kappa shape index (κ3) is 7.69. The van der Waals surface area contributed by atoms with E-state index in [0.29, 0.717) is 25.6 Å². The standard InChI is InChI=1S/C29H33NO7/c31-24-11-7-22(8-12-24)20-37-27-18-30(29(33)34)17-26(32)28(27)23-9-13-25(14-10-23)36-16-4-15-35-19-21-5-2-1-3-6-21/h1-3,5-14,26-28,31-32H,4,15-20H2,(H,33,34). The van der Waals surface area contributed by atoms with E-state index in [2.05, 4.69) is 0 Å². The number of aliphatic hydroxyl groups excluding tert-OH is 1. The van der Waals surface area contributed by atoms with E-state index in [1.807, 2.05) is 54.6 Å². The molecule has 1 aliphatic rings. The van der Waals surface area contributed by atoms with E-state index in [0.717, 1.165) is 23.1 Å². The van der Waals surface area contributed by atoms with Gasteiger partial charge in [0.15, 0.2) is 0 Å². The molecule has 37 heavy (non-hydrogen) atoms. The first kappa shape index (κ1) is 26.5. The Morgan fingerprint density at radius 3 is 2.27 bits per heavy atom. The van der Waals surface area contributed by atoms with Gasteiger partial charge in [-0.3, -0.25) is 0 Å². The molecule has 4 rings (SSSR count). The lowest BCUT2D eigenvalue weighted by atomic mass is 9.84. The number of phenols is 1. The van der Waals surface area contributed by atoms with Crippen LogP contribution in [0.25, 0.3) is 0 Å². The predicted octanol–water partition coefficient (Wildman–Crippen LogP) is 4.40. The van der Waals surface area contributed by atoms with Crippen LogP contribution in [0.4, 0.5) is 4.79 Å². The zero-order chi connectivity index (χ0) is 26.0. The largest absolute Gasteiger partial charge is 0.508 e. The second-order valence-electron chi connectivity index (χ2n) is 9.11. The molecule has 8 heteroatoms. The molecular formula is C29H33NO7. The number of nitrogens with zero attached hydrogens (tertiary/aromatic N) is 1. The Hall–Kier alpha value is -3.59. The van der Waals surface area contributed by atoms with Crippen LogP contribution in [-0.2, 0) is 22.7 Å². The summed E-state index contributed by atoms with van der Waals surface area (Å²) in [7, 11) is 0. The molecule has 0 saturated carbocycles. The van der Waals surface area contributed by atoms with Gasteiger partial charge in [0, 0.05) is 12.3 Å². The van der Waals surface area contributed by atoms with Crippen LogP contribution in [0, 0.1) is 0 Å². The minimum absolute atomic E-state index is 0.0142. The van der Waals surface area contributed by atoms with Crippen LogP contribution >= 0.6 is 0 Å². The Bertz CT molecular complexity index is 1110. The van der Waals surface area contributed by atoms with Gasteiger partial charge in [0.2, 0.25) is 0 Å². The van der Waals surface area contributed by atoms with Gasteiger partial charge in [-0.15, -0.1) is 0 Å². The number of β-amino-alcohol motifs (C(OH)–C–C–N with tert-alkyl or cyclic N) is 1. The number of amides is 1. The quantitative estimate of drug-likeness (QED) is 0.330. The number of benzene rings is 3. The fourth-order valence-electron chi connectivity index (χ4n) is 4.44. The first-order valence-electron chi connectivity index (χ1n) is 12.4. The van der Waals surface area contributed by atoms with Crippen LogP contribution in [0.15, 0.2) is 78.9 Å². The summed E-state index contributed by atoms with van der Waals surface area (Å²) in [6, 6.07) is 24.2. The fraction of sp³-hybridized carbons (Fsp3) is 0.345. The first-order valence-corrected chi connectivity index (χ1v) is 12.4. The molecule has 0 aliphatic carbocycles. The van der Waals surface area contributed by atoms with E-state index >= 15 is 0 Å². The Morgan fingerprint density at radius 2 is 1.57 bits per heavy atom. The molecule has 1 heterocycles. The van der Waals surface area contributed by atoms with E-state index in [1.54, 1.807) is 24.3 Å². The Kier molecular flexibility index (Phi) is 9.37. The highest BCUT2D eigenvalue weighted by Gasteiger charge is 2.39. The van der Waals surface area contributed by atoms with Crippen LogP contribution in [0.2, 0.25) is 0 Å². The van der Waals surface area contributed by atoms with Gasteiger partial charge < -0.3 is 34.4 Å². The molecule has 3 unspecified atom stereocenters. The number of carboxylic acid groups (broad SMARTS) is 1. The lowest BCUT2D eigenvalue weighted by Gasteiger charge is -2.40. The highest BCUT2D eigenvalue weighted by Crippen LogP contribution is 2.32. The van der Waals surface area contributed by atoms with Crippen molar-refractivity contribution in [3.8, 4) is 11.5 Å². The second-order valence-corrected chi connectivity index (χ2v) is 9.11. The van der Waals surface area contributed by atoms with Crippen LogP contribution in [0.3, 0.4) is 0 Å². The van der Waals surface area contributed by atoms with E-state index < -0.39 is 24.2 Å². The van der Waals surface area contributed by atoms with Gasteiger partial charge in [0.05, 0.1) is 51.7 Å². The summed E-state index contributed by atoms with van der Waals surface area (Å²) in [5.41, 5.74) is 2.84. The van der Waals surface area contributed by atoms with Crippen molar-refractivity contribution in [2.75, 3.05) is 26.3 Å². The predicted molar refractivity (Wildman–Crippen MR) is 138 cm³/mol. The number of hydrogen-bond donors (Lipinski definition) is 3. The van der Waals surface area contributed by atoms with Crippen molar-refractivity contribution in [2.45, 2.75) is 37.8 Å². The van der Waals surface area contributed by atoms with Crippen LogP contribution in [0.1, 0.15) is 29.0 Å². The monoisotopic (exact) mass is 507 g/mol. The number of likely N-dealkylation sites (tertiary alicyclic amines) is 1. The second kappa shape index (κ2) is 13.1. The van der Waals surface area contributed by atoms with E-state index in [1.165, 1.54) is 4.90 Å². The van der Waals surface area contributed by atoms with Crippen molar-refractivity contribution in [1.29, 1.82) is 0 Å². The summed E-state index contributed by atoms with van der Waals surface area (Å²) in [4.78, 5) is 12.8. The van der Waals surface area contributed by atoms with Crippen molar-refractivity contribution in [3.05, 3.63) is 95.6 Å². The number of aromatic hydroxyl groups is 1. The maximum Gasteiger partial charge on any atom is 0.407 e. The van der Waals surface area contributed by atoms with Gasteiger partial charge in [-0.1, -0.05) is 54.6 Å². The Morgan fingerprint density at radius 1 is 0.865 bits per heavy atom. The lowest BCUT2D eigenvalue weighted by Crippen LogP contribution is -2.53. The number of carbonyl (C=O) groups is 1. The minimum atomic E-state index is -1.09. The third-order valence-corrected chi connectivity index (χ3v) is 6.37. The molecule has 3 aromatic carbocycles. The number of ether oxygens (including phenoxy) is 3. The molecule has 1 amide bonds. The highest BCUT2D eigenvalue weighted by atomic mass is 16.5. The molecule has 3 aromatic rings. The molecule has 0 spiro atoms. The molecule has 0 aromatic heterocycles.